The minimum absolute atomic E-state index is 0.0257. The lowest BCUT2D eigenvalue weighted by Crippen LogP contribution is -2.14. The third-order valence-corrected chi connectivity index (χ3v) is 1.81. The summed E-state index contributed by atoms with van der Waals surface area (Å²) in [6.45, 7) is 6.17. The van der Waals surface area contributed by atoms with Gasteiger partial charge in [0.1, 0.15) is 11.9 Å². The van der Waals surface area contributed by atoms with E-state index in [1.54, 1.807) is 6.07 Å². The fraction of sp³-hybridized carbons (Fsp3) is 0.400. The van der Waals surface area contributed by atoms with E-state index < -0.39 is 0 Å². The first-order valence-electron chi connectivity index (χ1n) is 4.12. The van der Waals surface area contributed by atoms with Crippen molar-refractivity contribution in [2.24, 2.45) is 0 Å². The molecule has 0 spiro atoms. The highest BCUT2D eigenvalue weighted by molar-refractivity contribution is 5.49. The molecule has 1 aromatic rings. The van der Waals surface area contributed by atoms with Crippen LogP contribution in [-0.2, 0) is 5.41 Å². The predicted molar refractivity (Wildman–Crippen MR) is 52.1 cm³/mol. The van der Waals surface area contributed by atoms with Crippen LogP contribution in [0.5, 0.6) is 0 Å². The van der Waals surface area contributed by atoms with Crippen LogP contribution in [0.2, 0.25) is 0 Å². The molecule has 0 aliphatic heterocycles. The highest BCUT2D eigenvalue weighted by Crippen LogP contribution is 2.21. The molecular formula is C10H13N3. The SMILES string of the molecule is CC(C)(C)c1ccc(C#N)c(N)n1. The van der Waals surface area contributed by atoms with Crippen LogP contribution in [0.15, 0.2) is 12.1 Å². The summed E-state index contributed by atoms with van der Waals surface area (Å²) in [7, 11) is 0. The Morgan fingerprint density at radius 1 is 1.38 bits per heavy atom. The number of nitriles is 1. The Balaban J connectivity index is 3.20. The van der Waals surface area contributed by atoms with E-state index in [-0.39, 0.29) is 5.41 Å². The van der Waals surface area contributed by atoms with Gasteiger partial charge >= 0.3 is 0 Å². The van der Waals surface area contributed by atoms with Crippen molar-refractivity contribution in [1.82, 2.24) is 4.98 Å². The highest BCUT2D eigenvalue weighted by Gasteiger charge is 2.16. The third-order valence-electron chi connectivity index (χ3n) is 1.81. The number of nitrogen functional groups attached to an aromatic ring is 1. The van der Waals surface area contributed by atoms with Crippen molar-refractivity contribution < 1.29 is 0 Å². The summed E-state index contributed by atoms with van der Waals surface area (Å²) in [6.07, 6.45) is 0. The van der Waals surface area contributed by atoms with Gasteiger partial charge in [0.05, 0.1) is 5.56 Å². The molecule has 0 atom stereocenters. The lowest BCUT2D eigenvalue weighted by Gasteiger charge is -2.17. The number of nitrogens with zero attached hydrogens (tertiary/aromatic N) is 2. The summed E-state index contributed by atoms with van der Waals surface area (Å²) in [4.78, 5) is 4.17. The van der Waals surface area contributed by atoms with Crippen LogP contribution < -0.4 is 5.73 Å². The Labute approximate surface area is 78.2 Å². The van der Waals surface area contributed by atoms with E-state index in [2.05, 4.69) is 25.8 Å². The van der Waals surface area contributed by atoms with Gasteiger partial charge in [-0.15, -0.1) is 0 Å². The molecule has 1 aromatic heterocycles. The van der Waals surface area contributed by atoms with Crippen molar-refractivity contribution in [3.05, 3.63) is 23.4 Å². The zero-order valence-electron chi connectivity index (χ0n) is 8.13. The molecule has 0 saturated carbocycles. The second-order valence-electron chi connectivity index (χ2n) is 3.99. The Morgan fingerprint density at radius 2 is 2.00 bits per heavy atom. The summed E-state index contributed by atoms with van der Waals surface area (Å²) in [5.41, 5.74) is 6.91. The van der Waals surface area contributed by atoms with Gasteiger partial charge in [-0.3, -0.25) is 0 Å². The van der Waals surface area contributed by atoms with Crippen LogP contribution in [0.3, 0.4) is 0 Å². The van der Waals surface area contributed by atoms with E-state index in [1.807, 2.05) is 12.1 Å². The smallest absolute Gasteiger partial charge is 0.141 e. The van der Waals surface area contributed by atoms with E-state index in [0.717, 1.165) is 5.69 Å². The van der Waals surface area contributed by atoms with Gasteiger partial charge in [-0.25, -0.2) is 4.98 Å². The molecule has 0 radical (unpaired) electrons. The fourth-order valence-corrected chi connectivity index (χ4v) is 0.987. The molecule has 1 heterocycles. The molecule has 1 rings (SSSR count). The second-order valence-corrected chi connectivity index (χ2v) is 3.99. The normalized spacial score (nSPS) is 10.9. The van der Waals surface area contributed by atoms with Crippen molar-refractivity contribution in [1.29, 1.82) is 5.26 Å². The van der Waals surface area contributed by atoms with Gasteiger partial charge in [0.25, 0.3) is 0 Å². The van der Waals surface area contributed by atoms with E-state index >= 15 is 0 Å². The van der Waals surface area contributed by atoms with Crippen molar-refractivity contribution in [2.45, 2.75) is 26.2 Å². The second kappa shape index (κ2) is 3.06. The summed E-state index contributed by atoms with van der Waals surface area (Å²) in [5.74, 6) is 0.315. The molecule has 3 heteroatoms. The maximum Gasteiger partial charge on any atom is 0.141 e. The Morgan fingerprint density at radius 3 is 2.38 bits per heavy atom. The van der Waals surface area contributed by atoms with Gasteiger partial charge < -0.3 is 5.73 Å². The third kappa shape index (κ3) is 1.97. The molecular weight excluding hydrogens is 162 g/mol. The van der Waals surface area contributed by atoms with Crippen molar-refractivity contribution in [3.8, 4) is 6.07 Å². The lowest BCUT2D eigenvalue weighted by molar-refractivity contribution is 0.570. The number of rotatable bonds is 0. The maximum atomic E-state index is 8.64. The van der Waals surface area contributed by atoms with Gasteiger partial charge in [0, 0.05) is 11.1 Å². The number of anilines is 1. The minimum atomic E-state index is -0.0257. The average molecular weight is 175 g/mol. The zero-order chi connectivity index (χ0) is 10.1. The van der Waals surface area contributed by atoms with Crippen LogP contribution in [0.4, 0.5) is 5.82 Å². The average Bonchev–Trinajstić information content (AvgIpc) is 2.02. The Kier molecular flexibility index (Phi) is 2.24. The van der Waals surface area contributed by atoms with Crippen LogP contribution >= 0.6 is 0 Å². The number of pyridine rings is 1. The van der Waals surface area contributed by atoms with Crippen molar-refractivity contribution >= 4 is 5.82 Å². The van der Waals surface area contributed by atoms with Gasteiger partial charge in [-0.1, -0.05) is 20.8 Å². The molecule has 0 aliphatic carbocycles. The highest BCUT2D eigenvalue weighted by atomic mass is 14.9. The van der Waals surface area contributed by atoms with Crippen LogP contribution in [0.25, 0.3) is 0 Å². The van der Waals surface area contributed by atoms with E-state index in [9.17, 15) is 0 Å². The number of aromatic nitrogens is 1. The van der Waals surface area contributed by atoms with Gasteiger partial charge in [-0.2, -0.15) is 5.26 Å². The van der Waals surface area contributed by atoms with Gasteiger partial charge in [0.15, 0.2) is 0 Å². The number of nitrogens with two attached hydrogens (primary N) is 1. The maximum absolute atomic E-state index is 8.64. The Hall–Kier alpha value is -1.56. The molecule has 0 aliphatic rings. The molecule has 0 bridgehead atoms. The van der Waals surface area contributed by atoms with Crippen molar-refractivity contribution in [2.75, 3.05) is 5.73 Å². The molecule has 13 heavy (non-hydrogen) atoms. The topological polar surface area (TPSA) is 62.7 Å². The summed E-state index contributed by atoms with van der Waals surface area (Å²) in [5, 5.41) is 8.64. The largest absolute Gasteiger partial charge is 0.383 e. The molecule has 0 unspecified atom stereocenters. The van der Waals surface area contributed by atoms with E-state index in [4.69, 9.17) is 11.0 Å². The number of hydrogen-bond acceptors (Lipinski definition) is 3. The zero-order valence-corrected chi connectivity index (χ0v) is 8.13. The minimum Gasteiger partial charge on any atom is -0.383 e. The standard InChI is InChI=1S/C10H13N3/c1-10(2,3)8-5-4-7(6-11)9(12)13-8/h4-5H,1-3H3,(H2,12,13). The molecule has 68 valence electrons. The number of hydrogen-bond donors (Lipinski definition) is 1. The summed E-state index contributed by atoms with van der Waals surface area (Å²) >= 11 is 0. The fourth-order valence-electron chi connectivity index (χ4n) is 0.987. The summed E-state index contributed by atoms with van der Waals surface area (Å²) in [6, 6.07) is 5.54. The molecule has 0 amide bonds. The van der Waals surface area contributed by atoms with Gasteiger partial charge in [0.2, 0.25) is 0 Å². The lowest BCUT2D eigenvalue weighted by atomic mass is 9.91. The van der Waals surface area contributed by atoms with E-state index in [1.165, 1.54) is 0 Å². The quantitative estimate of drug-likeness (QED) is 0.654. The first-order chi connectivity index (χ1) is 5.95. The van der Waals surface area contributed by atoms with Crippen LogP contribution in [0, 0.1) is 11.3 Å². The predicted octanol–water partition coefficient (Wildman–Crippen LogP) is 1.83. The molecule has 0 fully saturated rings. The molecule has 0 saturated heterocycles. The van der Waals surface area contributed by atoms with E-state index in [0.29, 0.717) is 11.4 Å². The monoisotopic (exact) mass is 175 g/mol. The molecule has 2 N–H and O–H groups in total. The summed E-state index contributed by atoms with van der Waals surface area (Å²) < 4.78 is 0. The van der Waals surface area contributed by atoms with Crippen LogP contribution in [0.1, 0.15) is 32.0 Å². The van der Waals surface area contributed by atoms with Gasteiger partial charge in [-0.05, 0) is 12.1 Å². The Bertz CT molecular complexity index is 355. The van der Waals surface area contributed by atoms with Crippen LogP contribution in [-0.4, -0.2) is 4.98 Å². The van der Waals surface area contributed by atoms with Crippen molar-refractivity contribution in [3.63, 3.8) is 0 Å². The molecule has 3 nitrogen and oxygen atoms in total. The first kappa shape index (κ1) is 9.53. The molecule has 0 aromatic carbocycles. The first-order valence-corrected chi connectivity index (χ1v) is 4.12.